The van der Waals surface area contributed by atoms with E-state index in [1.165, 1.54) is 10.7 Å². The number of piperidine rings is 1. The smallest absolute Gasteiger partial charge is 0.253 e. The molecule has 1 aromatic rings. The Kier molecular flexibility index (Phi) is 6.03. The normalized spacial score (nSPS) is 22.6. The molecule has 1 atom stereocenters. The molecule has 1 aromatic carbocycles. The van der Waals surface area contributed by atoms with Crippen molar-refractivity contribution in [2.24, 2.45) is 5.92 Å². The Morgan fingerprint density at radius 1 is 1.04 bits per heavy atom. The van der Waals surface area contributed by atoms with Crippen LogP contribution in [0.25, 0.3) is 0 Å². The molecule has 1 saturated heterocycles. The molecule has 0 radical (unpaired) electrons. The van der Waals surface area contributed by atoms with E-state index in [0.29, 0.717) is 11.5 Å². The zero-order valence-electron chi connectivity index (χ0n) is 15.9. The highest BCUT2D eigenvalue weighted by atomic mass is 32.2. The SMILES string of the molecule is CC1CCCN(C(=O)c2ccc(S(=O)(=O)N(C)C3CCCCC3)cc2)C1. The van der Waals surface area contributed by atoms with Gasteiger partial charge in [-0.05, 0) is 55.9 Å². The average Bonchev–Trinajstić information content (AvgIpc) is 2.67. The lowest BCUT2D eigenvalue weighted by molar-refractivity contribution is 0.0683. The van der Waals surface area contributed by atoms with E-state index in [1.807, 2.05) is 4.90 Å². The van der Waals surface area contributed by atoms with Crippen LogP contribution in [0.1, 0.15) is 62.2 Å². The fourth-order valence-electron chi connectivity index (χ4n) is 4.13. The van der Waals surface area contributed by atoms with Crippen LogP contribution in [0.15, 0.2) is 29.2 Å². The van der Waals surface area contributed by atoms with Gasteiger partial charge in [0, 0.05) is 31.7 Å². The highest BCUT2D eigenvalue weighted by Gasteiger charge is 2.29. The van der Waals surface area contributed by atoms with Crippen LogP contribution in [0.2, 0.25) is 0 Å². The summed E-state index contributed by atoms with van der Waals surface area (Å²) >= 11 is 0. The quantitative estimate of drug-likeness (QED) is 0.805. The van der Waals surface area contributed by atoms with Gasteiger partial charge in [-0.15, -0.1) is 0 Å². The van der Waals surface area contributed by atoms with Crippen molar-refractivity contribution in [1.29, 1.82) is 0 Å². The van der Waals surface area contributed by atoms with Crippen molar-refractivity contribution in [1.82, 2.24) is 9.21 Å². The van der Waals surface area contributed by atoms with Crippen molar-refractivity contribution >= 4 is 15.9 Å². The van der Waals surface area contributed by atoms with Gasteiger partial charge in [-0.3, -0.25) is 4.79 Å². The highest BCUT2D eigenvalue weighted by molar-refractivity contribution is 7.89. The van der Waals surface area contributed by atoms with E-state index in [9.17, 15) is 13.2 Å². The molecule has 0 spiro atoms. The van der Waals surface area contributed by atoms with Crippen molar-refractivity contribution in [3.05, 3.63) is 29.8 Å². The fourth-order valence-corrected chi connectivity index (χ4v) is 5.55. The van der Waals surface area contributed by atoms with Crippen LogP contribution in [0.3, 0.4) is 0 Å². The molecule has 26 heavy (non-hydrogen) atoms. The van der Waals surface area contributed by atoms with Crippen LogP contribution in [-0.2, 0) is 10.0 Å². The van der Waals surface area contributed by atoms with Crippen molar-refractivity contribution < 1.29 is 13.2 Å². The number of carbonyl (C=O) groups is 1. The molecule has 1 aliphatic heterocycles. The summed E-state index contributed by atoms with van der Waals surface area (Å²) in [5.74, 6) is 0.526. The number of amides is 1. The third kappa shape index (κ3) is 4.12. The number of hydrogen-bond donors (Lipinski definition) is 0. The third-order valence-corrected chi connectivity index (χ3v) is 7.74. The predicted octanol–water partition coefficient (Wildman–Crippen LogP) is 3.51. The van der Waals surface area contributed by atoms with Crippen LogP contribution in [-0.4, -0.2) is 49.7 Å². The van der Waals surface area contributed by atoms with Gasteiger partial charge < -0.3 is 4.90 Å². The molecule has 1 aliphatic carbocycles. The van der Waals surface area contributed by atoms with E-state index < -0.39 is 10.0 Å². The number of carbonyl (C=O) groups excluding carboxylic acids is 1. The Balaban J connectivity index is 1.72. The molecule has 0 N–H and O–H groups in total. The van der Waals surface area contributed by atoms with Gasteiger partial charge in [0.1, 0.15) is 0 Å². The van der Waals surface area contributed by atoms with Gasteiger partial charge in [0.25, 0.3) is 5.91 Å². The van der Waals surface area contributed by atoms with Crippen LogP contribution >= 0.6 is 0 Å². The number of nitrogens with zero attached hydrogens (tertiary/aromatic N) is 2. The van der Waals surface area contributed by atoms with Gasteiger partial charge in [0.05, 0.1) is 4.90 Å². The monoisotopic (exact) mass is 378 g/mol. The molecule has 5 nitrogen and oxygen atoms in total. The van der Waals surface area contributed by atoms with Crippen molar-refractivity contribution in [3.63, 3.8) is 0 Å². The van der Waals surface area contributed by atoms with Gasteiger partial charge >= 0.3 is 0 Å². The zero-order valence-corrected chi connectivity index (χ0v) is 16.7. The number of hydrogen-bond acceptors (Lipinski definition) is 3. The molecular weight excluding hydrogens is 348 g/mol. The van der Waals surface area contributed by atoms with E-state index in [2.05, 4.69) is 6.92 Å². The maximum atomic E-state index is 12.9. The molecule has 2 fully saturated rings. The maximum absolute atomic E-state index is 12.9. The summed E-state index contributed by atoms with van der Waals surface area (Å²) in [5.41, 5.74) is 0.568. The van der Waals surface area contributed by atoms with Gasteiger partial charge in [0.15, 0.2) is 0 Å². The molecular formula is C20H30N2O3S. The second-order valence-corrected chi connectivity index (χ2v) is 9.83. The first-order valence-electron chi connectivity index (χ1n) is 9.77. The molecule has 144 valence electrons. The first kappa shape index (κ1) is 19.4. The maximum Gasteiger partial charge on any atom is 0.253 e. The summed E-state index contributed by atoms with van der Waals surface area (Å²) in [6, 6.07) is 6.56. The minimum absolute atomic E-state index is 0.00105. The molecule has 0 bridgehead atoms. The average molecular weight is 379 g/mol. The lowest BCUT2D eigenvalue weighted by atomic mass is 9.96. The molecule has 0 aromatic heterocycles. The second-order valence-electron chi connectivity index (χ2n) is 7.84. The number of likely N-dealkylation sites (tertiary alicyclic amines) is 1. The minimum atomic E-state index is -3.51. The first-order chi connectivity index (χ1) is 12.4. The molecule has 6 heteroatoms. The number of sulfonamides is 1. The number of benzene rings is 1. The van der Waals surface area contributed by atoms with Gasteiger partial charge in [-0.2, -0.15) is 4.31 Å². The third-order valence-electron chi connectivity index (χ3n) is 5.81. The van der Waals surface area contributed by atoms with E-state index in [4.69, 9.17) is 0 Å². The summed E-state index contributed by atoms with van der Waals surface area (Å²) < 4.78 is 27.3. The Morgan fingerprint density at radius 3 is 2.31 bits per heavy atom. The molecule has 1 unspecified atom stereocenters. The Morgan fingerprint density at radius 2 is 1.69 bits per heavy atom. The lowest BCUT2D eigenvalue weighted by Crippen LogP contribution is -2.39. The summed E-state index contributed by atoms with van der Waals surface area (Å²) in [7, 11) is -1.83. The van der Waals surface area contributed by atoms with E-state index in [-0.39, 0.29) is 16.8 Å². The van der Waals surface area contributed by atoms with Gasteiger partial charge in [0.2, 0.25) is 10.0 Å². The molecule has 1 heterocycles. The highest BCUT2D eigenvalue weighted by Crippen LogP contribution is 2.27. The zero-order chi connectivity index (χ0) is 18.7. The topological polar surface area (TPSA) is 57.7 Å². The van der Waals surface area contributed by atoms with Crippen molar-refractivity contribution in [2.45, 2.75) is 62.8 Å². The number of rotatable bonds is 4. The van der Waals surface area contributed by atoms with Gasteiger partial charge in [-0.1, -0.05) is 26.2 Å². The van der Waals surface area contributed by atoms with E-state index >= 15 is 0 Å². The fraction of sp³-hybridized carbons (Fsp3) is 0.650. The first-order valence-corrected chi connectivity index (χ1v) is 11.2. The summed E-state index contributed by atoms with van der Waals surface area (Å²) in [4.78, 5) is 14.8. The van der Waals surface area contributed by atoms with E-state index in [0.717, 1.165) is 51.6 Å². The Bertz CT molecular complexity index is 724. The van der Waals surface area contributed by atoms with Crippen molar-refractivity contribution in [2.75, 3.05) is 20.1 Å². The second kappa shape index (κ2) is 8.09. The van der Waals surface area contributed by atoms with Crippen LogP contribution in [0, 0.1) is 5.92 Å². The summed E-state index contributed by atoms with van der Waals surface area (Å²) in [6.07, 6.45) is 7.42. The molecule has 3 rings (SSSR count). The van der Waals surface area contributed by atoms with Gasteiger partial charge in [-0.25, -0.2) is 8.42 Å². The van der Waals surface area contributed by atoms with Crippen LogP contribution < -0.4 is 0 Å². The largest absolute Gasteiger partial charge is 0.338 e. The Labute approximate surface area is 157 Å². The summed E-state index contributed by atoms with van der Waals surface area (Å²) in [6.45, 7) is 3.73. The predicted molar refractivity (Wildman–Crippen MR) is 103 cm³/mol. The Hall–Kier alpha value is -1.40. The molecule has 1 amide bonds. The standard InChI is InChI=1S/C20H30N2O3S/c1-16-7-6-14-22(15-16)20(23)17-10-12-19(13-11-17)26(24,25)21(2)18-8-4-3-5-9-18/h10-13,16,18H,3-9,14-15H2,1-2H3. The summed E-state index contributed by atoms with van der Waals surface area (Å²) in [5, 5.41) is 0. The van der Waals surface area contributed by atoms with Crippen molar-refractivity contribution in [3.8, 4) is 0 Å². The molecule has 2 aliphatic rings. The van der Waals surface area contributed by atoms with E-state index in [1.54, 1.807) is 31.3 Å². The minimum Gasteiger partial charge on any atom is -0.338 e. The van der Waals surface area contributed by atoms with Crippen LogP contribution in [0.4, 0.5) is 0 Å². The van der Waals surface area contributed by atoms with Crippen LogP contribution in [0.5, 0.6) is 0 Å². The molecule has 1 saturated carbocycles. The lowest BCUT2D eigenvalue weighted by Gasteiger charge is -2.31.